The van der Waals surface area contributed by atoms with Crippen LogP contribution in [-0.4, -0.2) is 11.8 Å². The van der Waals surface area contributed by atoms with Gasteiger partial charge in [0, 0.05) is 5.92 Å². The summed E-state index contributed by atoms with van der Waals surface area (Å²) in [6.45, 7) is 0. The molecule has 19 heavy (non-hydrogen) atoms. The topological polar surface area (TPSA) is 72.2 Å². The molecule has 102 valence electrons. The van der Waals surface area contributed by atoms with Crippen LogP contribution in [-0.2, 0) is 9.59 Å². The van der Waals surface area contributed by atoms with E-state index in [1.54, 1.807) is 12.1 Å². The van der Waals surface area contributed by atoms with Crippen LogP contribution >= 0.6 is 0 Å². The fourth-order valence-electron chi connectivity index (χ4n) is 2.59. The van der Waals surface area contributed by atoms with Crippen molar-refractivity contribution >= 4 is 11.8 Å². The molecule has 0 aliphatic heterocycles. The lowest BCUT2D eigenvalue weighted by Gasteiger charge is -2.23. The average Bonchev–Trinajstić information content (AvgIpc) is 2.46. The Morgan fingerprint density at radius 3 is 2.32 bits per heavy atom. The number of rotatable bonds is 4. The lowest BCUT2D eigenvalue weighted by molar-refractivity contribution is -0.130. The van der Waals surface area contributed by atoms with E-state index >= 15 is 0 Å². The van der Waals surface area contributed by atoms with Gasteiger partial charge in [-0.05, 0) is 18.4 Å². The van der Waals surface area contributed by atoms with Crippen LogP contribution in [0.2, 0.25) is 0 Å². The fourth-order valence-corrected chi connectivity index (χ4v) is 2.59. The molecule has 1 fully saturated rings. The molecule has 1 aliphatic rings. The number of amides is 2. The van der Waals surface area contributed by atoms with Gasteiger partial charge in [-0.3, -0.25) is 9.59 Å². The normalized spacial score (nSPS) is 17.7. The van der Waals surface area contributed by atoms with Gasteiger partial charge in [0.05, 0.1) is 0 Å². The zero-order valence-corrected chi connectivity index (χ0v) is 11.0. The zero-order valence-electron chi connectivity index (χ0n) is 11.0. The average molecular weight is 260 g/mol. The third kappa shape index (κ3) is 3.56. The van der Waals surface area contributed by atoms with Crippen LogP contribution < -0.4 is 11.1 Å². The van der Waals surface area contributed by atoms with Crippen molar-refractivity contribution in [2.45, 2.75) is 38.1 Å². The largest absolute Gasteiger partial charge is 0.368 e. The van der Waals surface area contributed by atoms with Crippen molar-refractivity contribution < 1.29 is 9.59 Å². The molecule has 1 atom stereocenters. The van der Waals surface area contributed by atoms with E-state index in [2.05, 4.69) is 5.32 Å². The summed E-state index contributed by atoms with van der Waals surface area (Å²) >= 11 is 0. The van der Waals surface area contributed by atoms with Gasteiger partial charge in [0.1, 0.15) is 6.04 Å². The molecular formula is C15H20N2O2. The summed E-state index contributed by atoms with van der Waals surface area (Å²) in [7, 11) is 0. The van der Waals surface area contributed by atoms with Crippen LogP contribution in [0.1, 0.15) is 43.7 Å². The fraction of sp³-hybridized carbons (Fsp3) is 0.467. The van der Waals surface area contributed by atoms with Crippen molar-refractivity contribution in [1.29, 1.82) is 0 Å². The van der Waals surface area contributed by atoms with Crippen molar-refractivity contribution in [2.75, 3.05) is 0 Å². The van der Waals surface area contributed by atoms with Crippen LogP contribution in [0.15, 0.2) is 30.3 Å². The number of nitrogens with one attached hydrogen (secondary N) is 1. The second-order valence-corrected chi connectivity index (χ2v) is 5.09. The molecule has 0 spiro atoms. The first-order chi connectivity index (χ1) is 9.18. The van der Waals surface area contributed by atoms with Gasteiger partial charge in [-0.2, -0.15) is 0 Å². The van der Waals surface area contributed by atoms with Crippen molar-refractivity contribution in [3.8, 4) is 0 Å². The van der Waals surface area contributed by atoms with Crippen LogP contribution in [0.3, 0.4) is 0 Å². The molecule has 0 aromatic heterocycles. The summed E-state index contributed by atoms with van der Waals surface area (Å²) < 4.78 is 0. The van der Waals surface area contributed by atoms with Gasteiger partial charge >= 0.3 is 0 Å². The van der Waals surface area contributed by atoms with E-state index in [9.17, 15) is 9.59 Å². The Morgan fingerprint density at radius 2 is 1.74 bits per heavy atom. The Bertz CT molecular complexity index is 439. The Kier molecular flexibility index (Phi) is 4.55. The zero-order chi connectivity index (χ0) is 13.7. The van der Waals surface area contributed by atoms with E-state index in [1.165, 1.54) is 6.42 Å². The van der Waals surface area contributed by atoms with Crippen LogP contribution in [0.4, 0.5) is 0 Å². The Balaban J connectivity index is 2.04. The molecule has 4 heteroatoms. The van der Waals surface area contributed by atoms with Gasteiger partial charge in [-0.25, -0.2) is 0 Å². The van der Waals surface area contributed by atoms with Crippen LogP contribution in [0.25, 0.3) is 0 Å². The van der Waals surface area contributed by atoms with E-state index in [4.69, 9.17) is 5.73 Å². The molecule has 0 radical (unpaired) electrons. The van der Waals surface area contributed by atoms with Crippen LogP contribution in [0, 0.1) is 5.92 Å². The van der Waals surface area contributed by atoms with E-state index in [0.29, 0.717) is 0 Å². The molecule has 0 unspecified atom stereocenters. The second kappa shape index (κ2) is 6.36. The SMILES string of the molecule is NC(=O)[C@@H](NC(=O)C1CCCCC1)c1ccccc1. The minimum absolute atomic E-state index is 0.0271. The molecule has 1 saturated carbocycles. The summed E-state index contributed by atoms with van der Waals surface area (Å²) in [5.74, 6) is -0.540. The lowest BCUT2D eigenvalue weighted by Crippen LogP contribution is -2.40. The molecule has 1 aliphatic carbocycles. The molecule has 0 heterocycles. The first-order valence-electron chi connectivity index (χ1n) is 6.83. The maximum Gasteiger partial charge on any atom is 0.244 e. The summed E-state index contributed by atoms with van der Waals surface area (Å²) in [5, 5.41) is 2.79. The molecular weight excluding hydrogens is 240 g/mol. The molecule has 2 amide bonds. The third-order valence-electron chi connectivity index (χ3n) is 3.68. The highest BCUT2D eigenvalue weighted by molar-refractivity contribution is 5.88. The highest BCUT2D eigenvalue weighted by Gasteiger charge is 2.26. The van der Waals surface area contributed by atoms with E-state index in [0.717, 1.165) is 31.2 Å². The van der Waals surface area contributed by atoms with E-state index in [1.807, 2.05) is 18.2 Å². The van der Waals surface area contributed by atoms with Gasteiger partial charge < -0.3 is 11.1 Å². The highest BCUT2D eigenvalue weighted by atomic mass is 16.2. The molecule has 3 N–H and O–H groups in total. The highest BCUT2D eigenvalue weighted by Crippen LogP contribution is 2.24. The summed E-state index contributed by atoms with van der Waals surface area (Å²) in [6.07, 6.45) is 5.19. The summed E-state index contributed by atoms with van der Waals surface area (Å²) in [5.41, 5.74) is 6.13. The van der Waals surface area contributed by atoms with Crippen molar-refractivity contribution in [3.63, 3.8) is 0 Å². The number of carbonyl (C=O) groups excluding carboxylic acids is 2. The summed E-state index contributed by atoms with van der Waals surface area (Å²) in [4.78, 5) is 23.7. The number of hydrogen-bond acceptors (Lipinski definition) is 2. The molecule has 2 rings (SSSR count). The second-order valence-electron chi connectivity index (χ2n) is 5.09. The van der Waals surface area contributed by atoms with Crippen molar-refractivity contribution in [1.82, 2.24) is 5.32 Å². The Labute approximate surface area is 113 Å². The number of benzene rings is 1. The standard InChI is InChI=1S/C15H20N2O2/c16-14(18)13(11-7-3-1-4-8-11)17-15(19)12-9-5-2-6-10-12/h1,3-4,7-8,12-13H,2,5-6,9-10H2,(H2,16,18)(H,17,19)/t13-/m0/s1. The monoisotopic (exact) mass is 260 g/mol. The van der Waals surface area contributed by atoms with Gasteiger partial charge in [-0.15, -0.1) is 0 Å². The minimum atomic E-state index is -0.726. The maximum absolute atomic E-state index is 12.2. The van der Waals surface area contributed by atoms with E-state index < -0.39 is 11.9 Å². The molecule has 1 aromatic carbocycles. The molecule has 1 aromatic rings. The quantitative estimate of drug-likeness (QED) is 0.868. The Hall–Kier alpha value is -1.84. The Morgan fingerprint density at radius 1 is 1.11 bits per heavy atom. The lowest BCUT2D eigenvalue weighted by atomic mass is 9.88. The number of hydrogen-bond donors (Lipinski definition) is 2. The first-order valence-corrected chi connectivity index (χ1v) is 6.83. The number of nitrogens with two attached hydrogens (primary N) is 1. The molecule has 4 nitrogen and oxygen atoms in total. The smallest absolute Gasteiger partial charge is 0.244 e. The van der Waals surface area contributed by atoms with Gasteiger partial charge in [0.2, 0.25) is 11.8 Å². The van der Waals surface area contributed by atoms with Crippen LogP contribution in [0.5, 0.6) is 0 Å². The van der Waals surface area contributed by atoms with Gasteiger partial charge in [0.25, 0.3) is 0 Å². The molecule has 0 bridgehead atoms. The number of carbonyl (C=O) groups is 2. The predicted molar refractivity (Wildman–Crippen MR) is 73.1 cm³/mol. The van der Waals surface area contributed by atoms with Crippen molar-refractivity contribution in [3.05, 3.63) is 35.9 Å². The third-order valence-corrected chi connectivity index (χ3v) is 3.68. The summed E-state index contributed by atoms with van der Waals surface area (Å²) in [6, 6.07) is 8.41. The maximum atomic E-state index is 12.2. The van der Waals surface area contributed by atoms with Gasteiger partial charge in [0.15, 0.2) is 0 Å². The van der Waals surface area contributed by atoms with E-state index in [-0.39, 0.29) is 11.8 Å². The van der Waals surface area contributed by atoms with Crippen molar-refractivity contribution in [2.24, 2.45) is 11.7 Å². The molecule has 0 saturated heterocycles. The first kappa shape index (κ1) is 13.6. The minimum Gasteiger partial charge on any atom is -0.368 e. The predicted octanol–water partition coefficient (Wildman–Crippen LogP) is 1.91. The number of primary amides is 1. The van der Waals surface area contributed by atoms with Gasteiger partial charge in [-0.1, -0.05) is 49.6 Å².